The number of allylic oxidation sites excluding steroid dienone is 4. The molecular formula is C30H32N2O9S2. The van der Waals surface area contributed by atoms with E-state index in [9.17, 15) is 40.6 Å². The first-order chi connectivity index (χ1) is 20.3. The molecule has 2 aromatic rings. The van der Waals surface area contributed by atoms with Gasteiger partial charge in [-0.25, -0.2) is 4.79 Å². The molecule has 11 nitrogen and oxygen atoms in total. The number of nitrogens with zero attached hydrogens (tertiary/aromatic N) is 2. The summed E-state index contributed by atoms with van der Waals surface area (Å²) >= 11 is 0. The highest BCUT2D eigenvalue weighted by Crippen LogP contribution is 2.39. The molecule has 2 aliphatic heterocycles. The van der Waals surface area contributed by atoms with Gasteiger partial charge < -0.3 is 14.9 Å². The van der Waals surface area contributed by atoms with Crippen molar-refractivity contribution in [3.8, 4) is 0 Å². The lowest BCUT2D eigenvalue weighted by Crippen LogP contribution is -2.35. The maximum atomic E-state index is 14.1. The van der Waals surface area contributed by atoms with Gasteiger partial charge in [-0.3, -0.25) is 13.9 Å². The van der Waals surface area contributed by atoms with Crippen LogP contribution in [0.15, 0.2) is 71.5 Å². The lowest BCUT2D eigenvalue weighted by molar-refractivity contribution is -0.112. The summed E-state index contributed by atoms with van der Waals surface area (Å²) in [5.74, 6) is -2.31. The molecular weight excluding hydrogens is 596 g/mol. The number of anilines is 1. The predicted octanol–water partition coefficient (Wildman–Crippen LogP) is 3.20. The van der Waals surface area contributed by atoms with Crippen molar-refractivity contribution in [1.82, 2.24) is 4.90 Å². The van der Waals surface area contributed by atoms with Crippen LogP contribution in [-0.2, 0) is 31.5 Å². The maximum absolute atomic E-state index is 14.1. The highest BCUT2D eigenvalue weighted by molar-refractivity contribution is 7.86. The van der Waals surface area contributed by atoms with Crippen molar-refractivity contribution in [2.75, 3.05) is 42.6 Å². The first-order valence-corrected chi connectivity index (χ1v) is 17.1. The molecule has 0 atom stereocenters. The van der Waals surface area contributed by atoms with E-state index in [1.165, 1.54) is 6.07 Å². The molecule has 0 fully saturated rings. The first-order valence-electron chi connectivity index (χ1n) is 13.9. The summed E-state index contributed by atoms with van der Waals surface area (Å²) in [6, 6.07) is 12.0. The summed E-state index contributed by atoms with van der Waals surface area (Å²) in [6.07, 6.45) is 5.89. The van der Waals surface area contributed by atoms with Crippen LogP contribution in [0.4, 0.5) is 5.69 Å². The van der Waals surface area contributed by atoms with Crippen molar-refractivity contribution in [1.29, 1.82) is 0 Å². The summed E-state index contributed by atoms with van der Waals surface area (Å²) < 4.78 is 64.0. The van der Waals surface area contributed by atoms with Crippen molar-refractivity contribution in [2.24, 2.45) is 0 Å². The second-order valence-corrected chi connectivity index (χ2v) is 13.9. The molecule has 0 bridgehead atoms. The molecule has 2 heterocycles. The number of hydrogen-bond donors (Lipinski definition) is 3. The number of rotatable bonds is 9. The highest BCUT2D eigenvalue weighted by Gasteiger charge is 2.31. The second-order valence-electron chi connectivity index (χ2n) is 10.8. The van der Waals surface area contributed by atoms with Crippen LogP contribution in [0.1, 0.15) is 46.3 Å². The highest BCUT2D eigenvalue weighted by atomic mass is 32.2. The van der Waals surface area contributed by atoms with E-state index >= 15 is 0 Å². The van der Waals surface area contributed by atoms with E-state index in [-0.39, 0.29) is 24.4 Å². The molecule has 2 aromatic carbocycles. The van der Waals surface area contributed by atoms with E-state index in [4.69, 9.17) is 0 Å². The molecule has 3 N–H and O–H groups in total. The average Bonchev–Trinajstić information content (AvgIpc) is 2.95. The number of aryl methyl sites for hydroxylation is 1. The van der Waals surface area contributed by atoms with Crippen molar-refractivity contribution in [3.05, 3.63) is 93.7 Å². The molecule has 0 saturated heterocycles. The third-order valence-electron chi connectivity index (χ3n) is 7.95. The van der Waals surface area contributed by atoms with Gasteiger partial charge in [0.15, 0.2) is 5.78 Å². The molecule has 0 saturated carbocycles. The van der Waals surface area contributed by atoms with Crippen molar-refractivity contribution in [3.63, 3.8) is 0 Å². The van der Waals surface area contributed by atoms with Gasteiger partial charge in [0.2, 0.25) is 0 Å². The number of Topliss-reactive ketones (excluding diaryl/α,β-unsaturated/α-hetero) is 1. The minimum absolute atomic E-state index is 0.0249. The largest absolute Gasteiger partial charge is 0.478 e. The number of carbonyl (C=O) groups is 2. The monoisotopic (exact) mass is 628 g/mol. The smallest absolute Gasteiger partial charge is 0.336 e. The Hall–Kier alpha value is -3.78. The molecule has 0 radical (unpaired) electrons. The third-order valence-corrected chi connectivity index (χ3v) is 9.35. The number of carboxylic acids is 1. The van der Waals surface area contributed by atoms with E-state index in [0.717, 1.165) is 17.7 Å². The number of carboxylic acid groups (broad SMARTS) is 1. The summed E-state index contributed by atoms with van der Waals surface area (Å²) in [5, 5.41) is 10.0. The quantitative estimate of drug-likeness (QED) is 0.275. The van der Waals surface area contributed by atoms with Crippen molar-refractivity contribution >= 4 is 43.2 Å². The average molecular weight is 629 g/mol. The van der Waals surface area contributed by atoms with Crippen molar-refractivity contribution in [2.45, 2.75) is 25.7 Å². The number of ketones is 1. The Morgan fingerprint density at radius 1 is 0.814 bits per heavy atom. The third kappa shape index (κ3) is 6.90. The van der Waals surface area contributed by atoms with Gasteiger partial charge in [0.05, 0.1) is 17.1 Å². The number of fused-ring (bicyclic) bond motifs is 1. The zero-order valence-electron chi connectivity index (χ0n) is 23.3. The Morgan fingerprint density at radius 2 is 1.44 bits per heavy atom. The van der Waals surface area contributed by atoms with Crippen LogP contribution in [0, 0.1) is 0 Å². The van der Waals surface area contributed by atoms with Crippen LogP contribution in [0.25, 0.3) is 5.57 Å². The van der Waals surface area contributed by atoms with Crippen LogP contribution in [0.2, 0.25) is 0 Å². The molecule has 5 rings (SSSR count). The van der Waals surface area contributed by atoms with Gasteiger partial charge in [0.1, 0.15) is 0 Å². The SMILES string of the molecule is O=C1C2=C(C=C/C1=C(/c1ccc3c(c1)CCCN3CCS(=O)(=O)O)c1ccccc1C(=O)O)N(CCS(=O)(=O)O)CCC2. The van der Waals surface area contributed by atoms with Crippen LogP contribution >= 0.6 is 0 Å². The lowest BCUT2D eigenvalue weighted by atomic mass is 9.81. The zero-order valence-corrected chi connectivity index (χ0v) is 24.9. The Labute approximate surface area is 250 Å². The molecule has 0 amide bonds. The van der Waals surface area contributed by atoms with Crippen molar-refractivity contribution < 1.29 is 40.6 Å². The summed E-state index contributed by atoms with van der Waals surface area (Å²) in [4.78, 5) is 30.0. The maximum Gasteiger partial charge on any atom is 0.336 e. The molecule has 1 aliphatic carbocycles. The number of benzene rings is 2. The zero-order chi connectivity index (χ0) is 30.9. The van der Waals surface area contributed by atoms with E-state index in [2.05, 4.69) is 0 Å². The van der Waals surface area contributed by atoms with Crippen LogP contribution in [-0.4, -0.2) is 85.4 Å². The van der Waals surface area contributed by atoms with Gasteiger partial charge in [0.25, 0.3) is 20.2 Å². The fourth-order valence-corrected chi connectivity index (χ4v) is 6.91. The minimum atomic E-state index is -4.19. The van der Waals surface area contributed by atoms with Crippen LogP contribution < -0.4 is 4.90 Å². The minimum Gasteiger partial charge on any atom is -0.478 e. The lowest BCUT2D eigenvalue weighted by Gasteiger charge is -2.34. The molecule has 43 heavy (non-hydrogen) atoms. The molecule has 0 spiro atoms. The summed E-state index contributed by atoms with van der Waals surface area (Å²) in [5.41, 5.74) is 4.58. The van der Waals surface area contributed by atoms with Gasteiger partial charge >= 0.3 is 5.97 Å². The number of carbonyl (C=O) groups excluding carboxylic acids is 1. The summed E-state index contributed by atoms with van der Waals surface area (Å²) in [6.45, 7) is 1.29. The molecule has 228 valence electrons. The van der Waals surface area contributed by atoms with Gasteiger partial charge in [0, 0.05) is 54.3 Å². The van der Waals surface area contributed by atoms with Gasteiger partial charge in [-0.05, 0) is 72.7 Å². The topological polar surface area (TPSA) is 170 Å². The van der Waals surface area contributed by atoms with E-state index in [0.29, 0.717) is 65.9 Å². The standard InChI is InChI=1S/C30H32N2O9S2/c33-29-24-8-4-14-32(16-18-43(39,40)41)27(24)12-10-25(29)28(22-6-1-2-7-23(22)30(34)35)21-9-11-26-20(19-21)5-3-13-31(26)15-17-42(36,37)38/h1-2,6-7,9-12,19H,3-5,8,13-18H2,(H,34,35)(H,36,37,38)(H,39,40,41)/b28-25+. The Morgan fingerprint density at radius 3 is 2.12 bits per heavy atom. The molecule has 0 aromatic heterocycles. The summed E-state index contributed by atoms with van der Waals surface area (Å²) in [7, 11) is -8.33. The predicted molar refractivity (Wildman–Crippen MR) is 161 cm³/mol. The Balaban J connectivity index is 1.62. The van der Waals surface area contributed by atoms with Crippen LogP contribution in [0.3, 0.4) is 0 Å². The fourth-order valence-electron chi connectivity index (χ4n) is 6.01. The number of aromatic carboxylic acids is 1. The normalized spacial score (nSPS) is 18.4. The van der Waals surface area contributed by atoms with Gasteiger partial charge in [-0.15, -0.1) is 0 Å². The first kappa shape index (κ1) is 30.7. The van der Waals surface area contributed by atoms with Gasteiger partial charge in [-0.1, -0.05) is 24.3 Å². The molecule has 0 unspecified atom stereocenters. The van der Waals surface area contributed by atoms with Gasteiger partial charge in [-0.2, -0.15) is 16.8 Å². The second kappa shape index (κ2) is 12.1. The molecule has 13 heteroatoms. The fraction of sp³-hybridized carbons (Fsp3) is 0.333. The van der Waals surface area contributed by atoms with E-state index in [1.54, 1.807) is 41.3 Å². The van der Waals surface area contributed by atoms with Crippen LogP contribution in [0.5, 0.6) is 0 Å². The van der Waals surface area contributed by atoms with E-state index in [1.807, 2.05) is 17.0 Å². The number of hydrogen-bond acceptors (Lipinski definition) is 8. The Bertz CT molecular complexity index is 1790. The Kier molecular flexibility index (Phi) is 8.61. The molecule has 3 aliphatic rings. The van der Waals surface area contributed by atoms with E-state index < -0.39 is 37.7 Å².